The number of hydrogen-bond donors (Lipinski definition) is 1. The monoisotopic (exact) mass is 444 g/mol. The summed E-state index contributed by atoms with van der Waals surface area (Å²) in [6, 6.07) is 4.32. The van der Waals surface area contributed by atoms with E-state index in [0.717, 1.165) is 35.4 Å². The zero-order valence-electron chi connectivity index (χ0n) is 18.7. The molecule has 0 radical (unpaired) electrons. The second kappa shape index (κ2) is 8.19. The van der Waals surface area contributed by atoms with Gasteiger partial charge >= 0.3 is 6.09 Å². The highest BCUT2D eigenvalue weighted by molar-refractivity contribution is 6.30. The molecule has 1 N–H and O–H groups in total. The number of rotatable bonds is 1. The molecule has 2 aromatic rings. The van der Waals surface area contributed by atoms with Crippen molar-refractivity contribution in [2.45, 2.75) is 65.1 Å². The smallest absolute Gasteiger partial charge is 0.410 e. The first-order valence-corrected chi connectivity index (χ1v) is 11.1. The van der Waals surface area contributed by atoms with Gasteiger partial charge < -0.3 is 19.7 Å². The van der Waals surface area contributed by atoms with Crippen molar-refractivity contribution in [2.24, 2.45) is 0 Å². The van der Waals surface area contributed by atoms with Crippen LogP contribution in [-0.2, 0) is 4.74 Å². The summed E-state index contributed by atoms with van der Waals surface area (Å²) in [5.41, 5.74) is 3.44. The van der Waals surface area contributed by atoms with Gasteiger partial charge in [0.2, 0.25) is 0 Å². The Hall–Kier alpha value is -2.54. The van der Waals surface area contributed by atoms with Gasteiger partial charge in [-0.3, -0.25) is 0 Å². The van der Waals surface area contributed by atoms with E-state index in [4.69, 9.17) is 21.1 Å². The SMILES string of the molecule is Cc1cc(C2CCN(C(=O)OC(C)(C)C)CC2)cc2c1OC(C)c1c(Cl)ncnc1N2. The van der Waals surface area contributed by atoms with Gasteiger partial charge in [-0.05, 0) is 70.6 Å². The van der Waals surface area contributed by atoms with Gasteiger partial charge in [-0.2, -0.15) is 0 Å². The van der Waals surface area contributed by atoms with Crippen molar-refractivity contribution in [1.29, 1.82) is 0 Å². The number of anilines is 2. The Morgan fingerprint density at radius 1 is 1.26 bits per heavy atom. The molecule has 3 heterocycles. The molecule has 0 spiro atoms. The molecule has 1 aromatic carbocycles. The van der Waals surface area contributed by atoms with E-state index in [1.165, 1.54) is 11.9 Å². The van der Waals surface area contributed by atoms with E-state index in [1.807, 2.05) is 27.7 Å². The van der Waals surface area contributed by atoms with Crippen LogP contribution in [0.1, 0.15) is 69.2 Å². The van der Waals surface area contributed by atoms with Crippen LogP contribution in [0.2, 0.25) is 5.15 Å². The quantitative estimate of drug-likeness (QED) is 0.564. The van der Waals surface area contributed by atoms with E-state index in [-0.39, 0.29) is 12.2 Å². The highest BCUT2D eigenvalue weighted by Crippen LogP contribution is 2.44. The fraction of sp³-hybridized carbons (Fsp3) is 0.522. The standard InChI is InChI=1S/C23H29ClN4O3/c1-13-10-16(15-6-8-28(9-7-15)22(29)31-23(3,4)5)11-17-19(13)30-14(2)18-20(24)25-12-26-21(18)27-17/h10-12,14-15H,6-9H2,1-5H3,(H,25,26,27). The molecule has 1 aromatic heterocycles. The molecule has 7 nitrogen and oxygen atoms in total. The number of likely N-dealkylation sites (tertiary alicyclic amines) is 1. The lowest BCUT2D eigenvalue weighted by Crippen LogP contribution is -2.41. The van der Waals surface area contributed by atoms with E-state index in [2.05, 4.69) is 34.3 Å². The molecule has 4 rings (SSSR count). The minimum Gasteiger partial charge on any atom is -0.483 e. The molecule has 31 heavy (non-hydrogen) atoms. The second-order valence-corrected chi connectivity index (χ2v) is 9.63. The number of aryl methyl sites for hydroxylation is 1. The lowest BCUT2D eigenvalue weighted by molar-refractivity contribution is 0.0205. The zero-order valence-corrected chi connectivity index (χ0v) is 19.4. The molecule has 0 bridgehead atoms. The summed E-state index contributed by atoms with van der Waals surface area (Å²) in [6.45, 7) is 11.0. The van der Waals surface area contributed by atoms with Crippen LogP contribution in [0.5, 0.6) is 5.75 Å². The summed E-state index contributed by atoms with van der Waals surface area (Å²) in [5, 5.41) is 3.80. The molecule has 0 aliphatic carbocycles. The number of hydrogen-bond acceptors (Lipinski definition) is 6. The van der Waals surface area contributed by atoms with Gasteiger partial charge in [-0.25, -0.2) is 14.8 Å². The molecule has 0 saturated carbocycles. The van der Waals surface area contributed by atoms with Crippen molar-refractivity contribution in [3.05, 3.63) is 40.3 Å². The summed E-state index contributed by atoms with van der Waals surface area (Å²) in [7, 11) is 0. The highest BCUT2D eigenvalue weighted by atomic mass is 35.5. The van der Waals surface area contributed by atoms with Crippen molar-refractivity contribution >= 4 is 29.2 Å². The summed E-state index contributed by atoms with van der Waals surface area (Å²) < 4.78 is 11.8. The topological polar surface area (TPSA) is 76.6 Å². The average molecular weight is 445 g/mol. The van der Waals surface area contributed by atoms with Crippen molar-refractivity contribution in [3.63, 3.8) is 0 Å². The van der Waals surface area contributed by atoms with Crippen molar-refractivity contribution < 1.29 is 14.3 Å². The minimum absolute atomic E-state index is 0.235. The zero-order chi connectivity index (χ0) is 22.3. The van der Waals surface area contributed by atoms with E-state index in [9.17, 15) is 4.79 Å². The lowest BCUT2D eigenvalue weighted by atomic mass is 9.88. The number of piperidine rings is 1. The first kappa shape index (κ1) is 21.7. The van der Waals surface area contributed by atoms with Gasteiger partial charge in [-0.15, -0.1) is 0 Å². The number of carbonyl (C=O) groups is 1. The summed E-state index contributed by atoms with van der Waals surface area (Å²) in [6.07, 6.45) is 2.73. The number of nitrogens with one attached hydrogen (secondary N) is 1. The third-order valence-electron chi connectivity index (χ3n) is 5.70. The number of carbonyl (C=O) groups excluding carboxylic acids is 1. The molecule has 2 aliphatic heterocycles. The van der Waals surface area contributed by atoms with Crippen LogP contribution >= 0.6 is 11.6 Å². The number of ether oxygens (including phenoxy) is 2. The minimum atomic E-state index is -0.479. The second-order valence-electron chi connectivity index (χ2n) is 9.27. The van der Waals surface area contributed by atoms with Crippen LogP contribution in [0.4, 0.5) is 16.3 Å². The molecular weight excluding hydrogens is 416 g/mol. The maximum Gasteiger partial charge on any atom is 0.410 e. The Morgan fingerprint density at radius 3 is 2.65 bits per heavy atom. The van der Waals surface area contributed by atoms with Crippen molar-refractivity contribution in [1.82, 2.24) is 14.9 Å². The first-order chi connectivity index (χ1) is 14.6. The number of amides is 1. The number of aromatic nitrogens is 2. The molecule has 2 aliphatic rings. The van der Waals surface area contributed by atoms with E-state index in [1.54, 1.807) is 4.90 Å². The lowest BCUT2D eigenvalue weighted by Gasteiger charge is -2.34. The Morgan fingerprint density at radius 2 is 1.97 bits per heavy atom. The first-order valence-electron chi connectivity index (χ1n) is 10.7. The van der Waals surface area contributed by atoms with Crippen LogP contribution in [0, 0.1) is 6.92 Å². The largest absolute Gasteiger partial charge is 0.483 e. The molecule has 166 valence electrons. The van der Waals surface area contributed by atoms with E-state index < -0.39 is 5.60 Å². The third kappa shape index (κ3) is 4.56. The van der Waals surface area contributed by atoms with E-state index in [0.29, 0.717) is 30.0 Å². The maximum atomic E-state index is 12.4. The molecule has 1 atom stereocenters. The third-order valence-corrected chi connectivity index (χ3v) is 6.01. The molecule has 1 unspecified atom stereocenters. The number of fused-ring (bicyclic) bond motifs is 2. The van der Waals surface area contributed by atoms with Crippen LogP contribution in [0.15, 0.2) is 18.5 Å². The Labute approximate surface area is 188 Å². The summed E-state index contributed by atoms with van der Waals surface area (Å²) in [5.74, 6) is 1.83. The van der Waals surface area contributed by atoms with Gasteiger partial charge in [0.15, 0.2) is 0 Å². The van der Waals surface area contributed by atoms with Gasteiger partial charge in [0.05, 0.1) is 11.3 Å². The van der Waals surface area contributed by atoms with Gasteiger partial charge in [0.25, 0.3) is 0 Å². The van der Waals surface area contributed by atoms with Gasteiger partial charge in [0, 0.05) is 13.1 Å². The molecule has 8 heteroatoms. The van der Waals surface area contributed by atoms with Crippen LogP contribution in [-0.4, -0.2) is 39.7 Å². The number of halogens is 1. The fourth-order valence-electron chi connectivity index (χ4n) is 4.21. The molecule has 1 amide bonds. The Bertz CT molecular complexity index is 997. The predicted octanol–water partition coefficient (Wildman–Crippen LogP) is 5.75. The van der Waals surface area contributed by atoms with Crippen LogP contribution < -0.4 is 10.1 Å². The molecule has 1 fully saturated rings. The number of benzene rings is 1. The van der Waals surface area contributed by atoms with Gasteiger partial charge in [0.1, 0.15) is 34.8 Å². The predicted molar refractivity (Wildman–Crippen MR) is 120 cm³/mol. The number of nitrogens with zero attached hydrogens (tertiary/aromatic N) is 3. The average Bonchev–Trinajstić information content (AvgIpc) is 2.83. The normalized spacial score (nSPS) is 18.9. The Kier molecular flexibility index (Phi) is 5.73. The van der Waals surface area contributed by atoms with Gasteiger partial charge in [-0.1, -0.05) is 17.7 Å². The van der Waals surface area contributed by atoms with Crippen LogP contribution in [0.25, 0.3) is 0 Å². The summed E-state index contributed by atoms with van der Waals surface area (Å²) >= 11 is 6.31. The van der Waals surface area contributed by atoms with Crippen molar-refractivity contribution in [3.8, 4) is 5.75 Å². The summed E-state index contributed by atoms with van der Waals surface area (Å²) in [4.78, 5) is 22.6. The Balaban J connectivity index is 1.54. The van der Waals surface area contributed by atoms with Crippen molar-refractivity contribution in [2.75, 3.05) is 18.4 Å². The van der Waals surface area contributed by atoms with E-state index >= 15 is 0 Å². The highest BCUT2D eigenvalue weighted by Gasteiger charge is 2.30. The maximum absolute atomic E-state index is 12.4. The fourth-order valence-corrected chi connectivity index (χ4v) is 4.49. The molecule has 1 saturated heterocycles. The molecular formula is C23H29ClN4O3. The van der Waals surface area contributed by atoms with Crippen LogP contribution in [0.3, 0.4) is 0 Å².